The first-order valence-electron chi connectivity index (χ1n) is 12.3. The average Bonchev–Trinajstić information content (AvgIpc) is 3.55. The first kappa shape index (κ1) is 24.8. The molecule has 6 rings (SSSR count). The molecule has 2 saturated heterocycles. The third kappa shape index (κ3) is 4.96. The van der Waals surface area contributed by atoms with Gasteiger partial charge in [0.15, 0.2) is 0 Å². The number of amides is 1. The Labute approximate surface area is 222 Å². The molecular weight excluding hydrogens is 517 g/mol. The lowest BCUT2D eigenvalue weighted by Gasteiger charge is -2.22. The highest BCUT2D eigenvalue weighted by molar-refractivity contribution is 6.30. The molecule has 4 aromatic rings. The average molecular weight is 541 g/mol. The molecule has 2 unspecified atom stereocenters. The van der Waals surface area contributed by atoms with E-state index in [0.29, 0.717) is 36.5 Å². The lowest BCUT2D eigenvalue weighted by Crippen LogP contribution is -2.33. The van der Waals surface area contributed by atoms with Crippen LogP contribution in [0.25, 0.3) is 16.9 Å². The summed E-state index contributed by atoms with van der Waals surface area (Å²) in [5.74, 6) is -0.0673. The molecule has 4 heterocycles. The highest BCUT2D eigenvalue weighted by Gasteiger charge is 2.42. The van der Waals surface area contributed by atoms with E-state index in [-0.39, 0.29) is 11.5 Å². The van der Waals surface area contributed by atoms with Crippen LogP contribution in [0, 0.1) is 11.8 Å². The van der Waals surface area contributed by atoms with Crippen molar-refractivity contribution in [2.45, 2.75) is 12.9 Å². The van der Waals surface area contributed by atoms with Gasteiger partial charge in [-0.1, -0.05) is 35.9 Å². The minimum Gasteiger partial charge on any atom is -0.406 e. The van der Waals surface area contributed by atoms with E-state index in [1.54, 1.807) is 4.90 Å². The maximum Gasteiger partial charge on any atom is 0.573 e. The van der Waals surface area contributed by atoms with Gasteiger partial charge in [-0.3, -0.25) is 9.69 Å². The number of carbonyl (C=O) groups is 1. The molecule has 0 spiro atoms. The molecule has 0 radical (unpaired) electrons. The summed E-state index contributed by atoms with van der Waals surface area (Å²) in [6.07, 6.45) is -2.78. The molecule has 196 valence electrons. The van der Waals surface area contributed by atoms with Gasteiger partial charge in [-0.25, -0.2) is 4.98 Å². The Morgan fingerprint density at radius 2 is 1.71 bits per heavy atom. The lowest BCUT2D eigenvalue weighted by molar-refractivity contribution is -0.274. The maximum absolute atomic E-state index is 13.1. The molecule has 0 saturated carbocycles. The summed E-state index contributed by atoms with van der Waals surface area (Å²) in [5, 5.41) is 0.671. The summed E-state index contributed by atoms with van der Waals surface area (Å²) in [5.41, 5.74) is 4.09. The molecule has 0 N–H and O–H groups in total. The zero-order valence-electron chi connectivity index (χ0n) is 20.2. The van der Waals surface area contributed by atoms with Gasteiger partial charge >= 0.3 is 6.36 Å². The minimum absolute atomic E-state index is 0.196. The molecule has 6 nitrogen and oxygen atoms in total. The zero-order chi connectivity index (χ0) is 26.4. The van der Waals surface area contributed by atoms with E-state index in [4.69, 9.17) is 16.6 Å². The maximum atomic E-state index is 13.1. The van der Waals surface area contributed by atoms with Crippen LogP contribution in [0.1, 0.15) is 16.1 Å². The van der Waals surface area contributed by atoms with Crippen molar-refractivity contribution in [2.75, 3.05) is 26.2 Å². The van der Waals surface area contributed by atoms with Gasteiger partial charge in [-0.15, -0.1) is 13.2 Å². The number of hydrogen-bond acceptors (Lipinski definition) is 4. The Balaban J connectivity index is 1.16. The van der Waals surface area contributed by atoms with Gasteiger partial charge in [0.25, 0.3) is 5.91 Å². The number of halogens is 4. The minimum atomic E-state index is -4.80. The quantitative estimate of drug-likeness (QED) is 0.323. The van der Waals surface area contributed by atoms with Crippen LogP contribution in [0.2, 0.25) is 5.02 Å². The third-order valence-electron chi connectivity index (χ3n) is 7.28. The number of fused-ring (bicyclic) bond motifs is 2. The zero-order valence-corrected chi connectivity index (χ0v) is 21.0. The molecule has 2 fully saturated rings. The van der Waals surface area contributed by atoms with E-state index in [1.165, 1.54) is 18.2 Å². The van der Waals surface area contributed by atoms with Gasteiger partial charge < -0.3 is 14.0 Å². The predicted octanol–water partition coefficient (Wildman–Crippen LogP) is 5.76. The number of benzene rings is 2. The van der Waals surface area contributed by atoms with Gasteiger partial charge in [-0.2, -0.15) is 0 Å². The normalized spacial score (nSPS) is 19.7. The van der Waals surface area contributed by atoms with Crippen molar-refractivity contribution in [2.24, 2.45) is 11.8 Å². The topological polar surface area (TPSA) is 50.1 Å². The number of pyridine rings is 1. The van der Waals surface area contributed by atoms with Gasteiger partial charge in [-0.05, 0) is 54.3 Å². The summed E-state index contributed by atoms with van der Waals surface area (Å²) in [6, 6.07) is 18.9. The summed E-state index contributed by atoms with van der Waals surface area (Å²) < 4.78 is 43.9. The van der Waals surface area contributed by atoms with Crippen molar-refractivity contribution in [3.63, 3.8) is 0 Å². The van der Waals surface area contributed by atoms with Crippen LogP contribution in [-0.2, 0) is 6.54 Å². The highest BCUT2D eigenvalue weighted by Crippen LogP contribution is 2.35. The van der Waals surface area contributed by atoms with Crippen molar-refractivity contribution in [1.82, 2.24) is 19.2 Å². The van der Waals surface area contributed by atoms with E-state index < -0.39 is 12.1 Å². The monoisotopic (exact) mass is 540 g/mol. The first-order chi connectivity index (χ1) is 18.2. The van der Waals surface area contributed by atoms with Crippen molar-refractivity contribution in [3.8, 4) is 17.0 Å². The molecule has 2 atom stereocenters. The van der Waals surface area contributed by atoms with Crippen molar-refractivity contribution in [3.05, 3.63) is 89.2 Å². The van der Waals surface area contributed by atoms with Crippen molar-refractivity contribution in [1.29, 1.82) is 0 Å². The van der Waals surface area contributed by atoms with Crippen LogP contribution >= 0.6 is 11.6 Å². The molecule has 2 aromatic heterocycles. The van der Waals surface area contributed by atoms with Crippen LogP contribution in [0.4, 0.5) is 13.2 Å². The largest absolute Gasteiger partial charge is 0.573 e. The highest BCUT2D eigenvalue weighted by atomic mass is 35.5. The Bertz CT molecular complexity index is 1470. The number of hydrogen-bond donors (Lipinski definition) is 0. The Hall–Kier alpha value is -3.56. The number of imidazole rings is 1. The number of likely N-dealkylation sites (tertiary alicyclic amines) is 2. The molecular formula is C28H24ClF3N4O2. The fraction of sp³-hybridized carbons (Fsp3) is 0.286. The number of ether oxygens (including phenoxy) is 1. The molecule has 2 aliphatic heterocycles. The number of nitrogens with zero attached hydrogens (tertiary/aromatic N) is 4. The second kappa shape index (κ2) is 9.63. The summed E-state index contributed by atoms with van der Waals surface area (Å²) >= 11 is 6.10. The first-order valence-corrected chi connectivity index (χ1v) is 12.7. The van der Waals surface area contributed by atoms with E-state index in [1.807, 2.05) is 48.7 Å². The molecule has 1 amide bonds. The second-order valence-electron chi connectivity index (χ2n) is 9.84. The molecule has 2 aliphatic rings. The van der Waals surface area contributed by atoms with Gasteiger partial charge in [0, 0.05) is 55.1 Å². The summed E-state index contributed by atoms with van der Waals surface area (Å²) in [4.78, 5) is 22.1. The molecule has 0 bridgehead atoms. The van der Waals surface area contributed by atoms with Crippen LogP contribution < -0.4 is 4.74 Å². The standard InChI is InChI=1S/C28H24ClF3N4O2/c29-22-9-7-18(8-10-22)26-24(36-11-2-1-6-25(36)33-26)17-34-13-20-15-35(16-21(20)14-34)27(37)19-4-3-5-23(12-19)38-28(30,31)32/h1-12,20-21H,13-17H2. The smallest absolute Gasteiger partial charge is 0.406 e. The Morgan fingerprint density at radius 1 is 0.974 bits per heavy atom. The fourth-order valence-electron chi connectivity index (χ4n) is 5.64. The predicted molar refractivity (Wildman–Crippen MR) is 137 cm³/mol. The van der Waals surface area contributed by atoms with E-state index in [9.17, 15) is 18.0 Å². The number of alkyl halides is 3. The second-order valence-corrected chi connectivity index (χ2v) is 10.3. The van der Waals surface area contributed by atoms with Gasteiger partial charge in [0.05, 0.1) is 11.4 Å². The molecule has 0 aliphatic carbocycles. The molecule has 2 aromatic carbocycles. The summed E-state index contributed by atoms with van der Waals surface area (Å²) in [6.45, 7) is 3.50. The van der Waals surface area contributed by atoms with Gasteiger partial charge in [0.1, 0.15) is 11.4 Å². The van der Waals surface area contributed by atoms with Crippen LogP contribution in [-0.4, -0.2) is 57.6 Å². The lowest BCUT2D eigenvalue weighted by atomic mass is 10.0. The molecule has 38 heavy (non-hydrogen) atoms. The van der Waals surface area contributed by atoms with Crippen LogP contribution in [0.5, 0.6) is 5.75 Å². The number of aromatic nitrogens is 2. The summed E-state index contributed by atoms with van der Waals surface area (Å²) in [7, 11) is 0. The Kier molecular flexibility index (Phi) is 6.28. The SMILES string of the molecule is O=C(c1cccc(OC(F)(F)F)c1)N1CC2CN(Cc3c(-c4ccc(Cl)cc4)nc4ccccn34)CC2C1. The van der Waals surface area contributed by atoms with E-state index in [2.05, 4.69) is 14.0 Å². The van der Waals surface area contributed by atoms with Crippen LogP contribution in [0.15, 0.2) is 72.9 Å². The van der Waals surface area contributed by atoms with Crippen LogP contribution in [0.3, 0.4) is 0 Å². The van der Waals surface area contributed by atoms with Gasteiger partial charge in [0.2, 0.25) is 0 Å². The van der Waals surface area contributed by atoms with E-state index in [0.717, 1.165) is 41.8 Å². The number of carbonyl (C=O) groups excluding carboxylic acids is 1. The molecule has 10 heteroatoms. The third-order valence-corrected chi connectivity index (χ3v) is 7.54. The van der Waals surface area contributed by atoms with Crippen molar-refractivity contribution >= 4 is 23.2 Å². The number of rotatable bonds is 5. The fourth-order valence-corrected chi connectivity index (χ4v) is 5.77. The Morgan fingerprint density at radius 3 is 2.42 bits per heavy atom. The van der Waals surface area contributed by atoms with Crippen molar-refractivity contribution < 1.29 is 22.7 Å². The van der Waals surface area contributed by atoms with E-state index >= 15 is 0 Å².